The molecule has 1 amide bonds. The highest BCUT2D eigenvalue weighted by atomic mass is 35.5. The highest BCUT2D eigenvalue weighted by Crippen LogP contribution is 1.91. The summed E-state index contributed by atoms with van der Waals surface area (Å²) >= 11 is 5.44. The van der Waals surface area contributed by atoms with Crippen molar-refractivity contribution in [1.29, 1.82) is 0 Å². The van der Waals surface area contributed by atoms with E-state index in [1.54, 1.807) is 6.92 Å². The third-order valence-electron chi connectivity index (χ3n) is 0.930. The van der Waals surface area contributed by atoms with Gasteiger partial charge in [-0.2, -0.15) is 0 Å². The van der Waals surface area contributed by atoms with Crippen molar-refractivity contribution in [3.05, 3.63) is 0 Å². The first kappa shape index (κ1) is 9.32. The molecule has 0 aliphatic rings. The van der Waals surface area contributed by atoms with E-state index in [0.29, 0.717) is 13.0 Å². The number of hydrogen-bond acceptors (Lipinski definition) is 1. The summed E-state index contributed by atoms with van der Waals surface area (Å²) in [6.45, 7) is 2.12. The maximum Gasteiger partial charge on any atom is 0.237 e. The molecule has 1 atom stereocenters. The second kappa shape index (κ2) is 5.13. The standard InChI is InChI=1S/C7H10ClNO/c1-3-4-5-9-7(10)6(2)8/h1,6H,4-5H2,2H3,(H,9,10). The average Bonchev–Trinajstić information content (AvgIpc) is 1.88. The fraction of sp³-hybridized carbons (Fsp3) is 0.571. The molecule has 1 N–H and O–H groups in total. The Hall–Kier alpha value is -0.680. The number of alkyl halides is 1. The van der Waals surface area contributed by atoms with Gasteiger partial charge in [0.05, 0.1) is 0 Å². The lowest BCUT2D eigenvalue weighted by Gasteiger charge is -2.02. The van der Waals surface area contributed by atoms with E-state index in [2.05, 4.69) is 11.2 Å². The molecule has 0 radical (unpaired) electrons. The summed E-state index contributed by atoms with van der Waals surface area (Å²) in [6.07, 6.45) is 5.51. The Labute approximate surface area is 65.9 Å². The number of carbonyl (C=O) groups excluding carboxylic acids is 1. The van der Waals surface area contributed by atoms with Crippen LogP contribution in [-0.2, 0) is 4.79 Å². The van der Waals surface area contributed by atoms with E-state index in [9.17, 15) is 4.79 Å². The first-order valence-electron chi connectivity index (χ1n) is 3.03. The van der Waals surface area contributed by atoms with Crippen LogP contribution < -0.4 is 5.32 Å². The van der Waals surface area contributed by atoms with Gasteiger partial charge in [0.15, 0.2) is 0 Å². The number of amides is 1. The van der Waals surface area contributed by atoms with Gasteiger partial charge < -0.3 is 5.32 Å². The van der Waals surface area contributed by atoms with Crippen LogP contribution in [0.3, 0.4) is 0 Å². The predicted molar refractivity (Wildman–Crippen MR) is 41.8 cm³/mol. The monoisotopic (exact) mass is 159 g/mol. The number of halogens is 1. The molecule has 0 heterocycles. The molecule has 0 aliphatic heterocycles. The average molecular weight is 160 g/mol. The summed E-state index contributed by atoms with van der Waals surface area (Å²) in [7, 11) is 0. The zero-order valence-electron chi connectivity index (χ0n) is 5.86. The second-order valence-electron chi connectivity index (χ2n) is 1.86. The van der Waals surface area contributed by atoms with Crippen LogP contribution in [0, 0.1) is 12.3 Å². The van der Waals surface area contributed by atoms with Crippen LogP contribution in [0.4, 0.5) is 0 Å². The van der Waals surface area contributed by atoms with Gasteiger partial charge in [-0.05, 0) is 6.92 Å². The van der Waals surface area contributed by atoms with Crippen molar-refractivity contribution >= 4 is 17.5 Å². The largest absolute Gasteiger partial charge is 0.354 e. The Morgan fingerprint density at radius 3 is 2.90 bits per heavy atom. The Balaban J connectivity index is 3.33. The molecule has 0 saturated heterocycles. The number of hydrogen-bond donors (Lipinski definition) is 1. The first-order chi connectivity index (χ1) is 4.68. The van der Waals surface area contributed by atoms with Crippen LogP contribution in [0.5, 0.6) is 0 Å². The van der Waals surface area contributed by atoms with Gasteiger partial charge in [-0.25, -0.2) is 0 Å². The molecule has 0 aromatic carbocycles. The SMILES string of the molecule is C#CCCNC(=O)C(C)Cl. The molecule has 0 aromatic rings. The number of carbonyl (C=O) groups is 1. The van der Waals surface area contributed by atoms with Gasteiger partial charge in [-0.3, -0.25) is 4.79 Å². The Morgan fingerprint density at radius 2 is 2.50 bits per heavy atom. The topological polar surface area (TPSA) is 29.1 Å². The first-order valence-corrected chi connectivity index (χ1v) is 3.47. The van der Waals surface area contributed by atoms with Gasteiger partial charge in [0, 0.05) is 13.0 Å². The lowest BCUT2D eigenvalue weighted by molar-refractivity contribution is -0.120. The summed E-state index contributed by atoms with van der Waals surface area (Å²) in [5, 5.41) is 2.10. The van der Waals surface area contributed by atoms with E-state index in [0.717, 1.165) is 0 Å². The lowest BCUT2D eigenvalue weighted by Crippen LogP contribution is -2.30. The van der Waals surface area contributed by atoms with Crippen molar-refractivity contribution in [2.75, 3.05) is 6.54 Å². The fourth-order valence-corrected chi connectivity index (χ4v) is 0.476. The smallest absolute Gasteiger partial charge is 0.237 e. The van der Waals surface area contributed by atoms with Crippen molar-refractivity contribution in [3.63, 3.8) is 0 Å². The predicted octanol–water partition coefficient (Wildman–Crippen LogP) is 0.753. The van der Waals surface area contributed by atoms with Gasteiger partial charge in [0.2, 0.25) is 5.91 Å². The van der Waals surface area contributed by atoms with Gasteiger partial charge in [-0.15, -0.1) is 23.9 Å². The third-order valence-corrected chi connectivity index (χ3v) is 1.13. The van der Waals surface area contributed by atoms with Crippen LogP contribution in [0.2, 0.25) is 0 Å². The molecule has 10 heavy (non-hydrogen) atoms. The molecular formula is C7H10ClNO. The van der Waals surface area contributed by atoms with E-state index in [4.69, 9.17) is 18.0 Å². The number of terminal acetylenes is 1. The van der Waals surface area contributed by atoms with E-state index >= 15 is 0 Å². The van der Waals surface area contributed by atoms with Gasteiger partial charge in [-0.1, -0.05) is 0 Å². The second-order valence-corrected chi connectivity index (χ2v) is 2.52. The van der Waals surface area contributed by atoms with Crippen molar-refractivity contribution in [2.24, 2.45) is 0 Å². The van der Waals surface area contributed by atoms with Crippen molar-refractivity contribution in [3.8, 4) is 12.3 Å². The molecule has 0 rings (SSSR count). The van der Waals surface area contributed by atoms with Crippen LogP contribution in [0.15, 0.2) is 0 Å². The van der Waals surface area contributed by atoms with Crippen molar-refractivity contribution in [2.45, 2.75) is 18.7 Å². The van der Waals surface area contributed by atoms with Gasteiger partial charge >= 0.3 is 0 Å². The zero-order valence-corrected chi connectivity index (χ0v) is 6.61. The molecule has 56 valence electrons. The molecule has 1 unspecified atom stereocenters. The highest BCUT2D eigenvalue weighted by molar-refractivity contribution is 6.30. The van der Waals surface area contributed by atoms with E-state index in [1.807, 2.05) is 0 Å². The maximum absolute atomic E-state index is 10.7. The summed E-state index contributed by atoms with van der Waals surface area (Å²) in [5.74, 6) is 2.23. The molecule has 0 saturated carbocycles. The molecule has 0 fully saturated rings. The fourth-order valence-electron chi connectivity index (χ4n) is 0.399. The molecule has 2 nitrogen and oxygen atoms in total. The molecule has 3 heteroatoms. The van der Waals surface area contributed by atoms with Crippen molar-refractivity contribution in [1.82, 2.24) is 5.32 Å². The quantitative estimate of drug-likeness (QED) is 0.368. The van der Waals surface area contributed by atoms with E-state index in [1.165, 1.54) is 0 Å². The third kappa shape index (κ3) is 4.22. The summed E-state index contributed by atoms with van der Waals surface area (Å²) < 4.78 is 0. The maximum atomic E-state index is 10.7. The van der Waals surface area contributed by atoms with Gasteiger partial charge in [0.25, 0.3) is 0 Å². The lowest BCUT2D eigenvalue weighted by atomic mass is 10.4. The minimum atomic E-state index is -0.474. The van der Waals surface area contributed by atoms with E-state index < -0.39 is 5.38 Å². The summed E-state index contributed by atoms with van der Waals surface area (Å²) in [4.78, 5) is 10.7. The van der Waals surface area contributed by atoms with Gasteiger partial charge in [0.1, 0.15) is 5.38 Å². The highest BCUT2D eigenvalue weighted by Gasteiger charge is 2.05. The minimum Gasteiger partial charge on any atom is -0.354 e. The number of rotatable bonds is 3. The molecular weight excluding hydrogens is 150 g/mol. The van der Waals surface area contributed by atoms with E-state index in [-0.39, 0.29) is 5.91 Å². The summed E-state index contributed by atoms with van der Waals surface area (Å²) in [6, 6.07) is 0. The molecule has 0 aromatic heterocycles. The Bertz CT molecular complexity index is 148. The molecule has 0 bridgehead atoms. The summed E-state index contributed by atoms with van der Waals surface area (Å²) in [5.41, 5.74) is 0. The minimum absolute atomic E-state index is 0.170. The van der Waals surface area contributed by atoms with Crippen LogP contribution in [0.25, 0.3) is 0 Å². The van der Waals surface area contributed by atoms with Crippen molar-refractivity contribution < 1.29 is 4.79 Å². The molecule has 0 aliphatic carbocycles. The zero-order chi connectivity index (χ0) is 7.98. The van der Waals surface area contributed by atoms with Crippen LogP contribution in [-0.4, -0.2) is 17.8 Å². The Morgan fingerprint density at radius 1 is 1.90 bits per heavy atom. The Kier molecular flexibility index (Phi) is 4.78. The van der Waals surface area contributed by atoms with Crippen LogP contribution >= 0.6 is 11.6 Å². The normalized spacial score (nSPS) is 11.7. The molecule has 0 spiro atoms. The van der Waals surface area contributed by atoms with Crippen LogP contribution in [0.1, 0.15) is 13.3 Å². The number of nitrogens with one attached hydrogen (secondary N) is 1.